The Bertz CT molecular complexity index is 1280. The molecular formula is C19H10BrClN2O4. The van der Waals surface area contributed by atoms with E-state index in [1.165, 1.54) is 18.5 Å². The van der Waals surface area contributed by atoms with Crippen LogP contribution in [0, 0.1) is 0 Å². The van der Waals surface area contributed by atoms with Gasteiger partial charge in [-0.3, -0.25) is 9.59 Å². The Labute approximate surface area is 165 Å². The monoisotopic (exact) mass is 444 g/mol. The number of hydrogen-bond acceptors (Lipinski definition) is 5. The summed E-state index contributed by atoms with van der Waals surface area (Å²) in [6, 6.07) is 11.8. The molecule has 4 rings (SSSR count). The van der Waals surface area contributed by atoms with Crippen LogP contribution in [0.15, 0.2) is 71.9 Å². The van der Waals surface area contributed by atoms with Crippen molar-refractivity contribution < 1.29 is 13.6 Å². The van der Waals surface area contributed by atoms with E-state index in [0.29, 0.717) is 21.6 Å². The van der Waals surface area contributed by atoms with Crippen molar-refractivity contribution in [2.24, 2.45) is 5.10 Å². The van der Waals surface area contributed by atoms with Crippen LogP contribution in [0.25, 0.3) is 21.9 Å². The van der Waals surface area contributed by atoms with Crippen molar-refractivity contribution in [2.45, 2.75) is 0 Å². The highest BCUT2D eigenvalue weighted by Crippen LogP contribution is 2.23. The molecule has 2 aromatic carbocycles. The smallest absolute Gasteiger partial charge is 0.307 e. The van der Waals surface area contributed by atoms with Gasteiger partial charge in [0, 0.05) is 14.9 Å². The standard InChI is InChI=1S/C19H10BrClN2O4/c20-12-1-3-15-10(5-12)6-17(27-15)19(25)23-22-8-11-9-26-16-4-2-13(21)7-14(16)18(11)24/h1-9H,(H,23,25)/b22-8-. The lowest BCUT2D eigenvalue weighted by atomic mass is 10.2. The van der Waals surface area contributed by atoms with Gasteiger partial charge in [0.05, 0.1) is 17.2 Å². The molecule has 0 unspecified atom stereocenters. The van der Waals surface area contributed by atoms with Gasteiger partial charge >= 0.3 is 5.91 Å². The third kappa shape index (κ3) is 3.51. The van der Waals surface area contributed by atoms with E-state index in [1.807, 2.05) is 12.1 Å². The summed E-state index contributed by atoms with van der Waals surface area (Å²) in [5, 5.41) is 5.35. The maximum Gasteiger partial charge on any atom is 0.307 e. The Kier molecular flexibility index (Phi) is 4.55. The Morgan fingerprint density at radius 2 is 1.96 bits per heavy atom. The summed E-state index contributed by atoms with van der Waals surface area (Å²) in [4.78, 5) is 24.6. The molecule has 0 bridgehead atoms. The second-order valence-corrected chi connectivity index (χ2v) is 7.00. The summed E-state index contributed by atoms with van der Waals surface area (Å²) in [6.07, 6.45) is 2.48. The second-order valence-electron chi connectivity index (χ2n) is 5.65. The molecule has 134 valence electrons. The van der Waals surface area contributed by atoms with E-state index in [-0.39, 0.29) is 16.8 Å². The van der Waals surface area contributed by atoms with Gasteiger partial charge in [-0.05, 0) is 42.5 Å². The first-order valence-electron chi connectivity index (χ1n) is 7.75. The minimum atomic E-state index is -0.535. The van der Waals surface area contributed by atoms with Crippen molar-refractivity contribution in [3.05, 3.63) is 79.8 Å². The zero-order valence-electron chi connectivity index (χ0n) is 13.5. The van der Waals surface area contributed by atoms with Gasteiger partial charge in [0.15, 0.2) is 5.76 Å². The van der Waals surface area contributed by atoms with Crippen molar-refractivity contribution in [2.75, 3.05) is 0 Å². The first-order valence-corrected chi connectivity index (χ1v) is 8.92. The third-order valence-electron chi connectivity index (χ3n) is 3.83. The molecule has 0 aliphatic heterocycles. The summed E-state index contributed by atoms with van der Waals surface area (Å²) in [6.45, 7) is 0. The highest BCUT2D eigenvalue weighted by Gasteiger charge is 2.12. The number of fused-ring (bicyclic) bond motifs is 2. The largest absolute Gasteiger partial charge is 0.463 e. The van der Waals surface area contributed by atoms with Gasteiger partial charge in [-0.25, -0.2) is 5.43 Å². The molecule has 0 saturated heterocycles. The maximum absolute atomic E-state index is 12.4. The van der Waals surface area contributed by atoms with Crippen LogP contribution in [0.5, 0.6) is 0 Å². The Morgan fingerprint density at radius 1 is 1.15 bits per heavy atom. The number of nitrogens with zero attached hydrogens (tertiary/aromatic N) is 1. The predicted molar refractivity (Wildman–Crippen MR) is 106 cm³/mol. The molecule has 2 heterocycles. The molecule has 8 heteroatoms. The Balaban J connectivity index is 1.56. The number of hydrogen-bond donors (Lipinski definition) is 1. The molecule has 4 aromatic rings. The molecule has 0 aliphatic carbocycles. The molecule has 27 heavy (non-hydrogen) atoms. The number of benzene rings is 2. The Morgan fingerprint density at radius 3 is 2.81 bits per heavy atom. The number of halogens is 2. The summed E-state index contributed by atoms with van der Waals surface area (Å²) in [5.41, 5.74) is 3.21. The molecule has 1 N–H and O–H groups in total. The van der Waals surface area contributed by atoms with Crippen LogP contribution in [0.4, 0.5) is 0 Å². The lowest BCUT2D eigenvalue weighted by Crippen LogP contribution is -2.18. The summed E-state index contributed by atoms with van der Waals surface area (Å²) < 4.78 is 11.7. The van der Waals surface area contributed by atoms with E-state index in [0.717, 1.165) is 9.86 Å². The zero-order chi connectivity index (χ0) is 19.0. The lowest BCUT2D eigenvalue weighted by molar-refractivity contribution is 0.0929. The highest BCUT2D eigenvalue weighted by atomic mass is 79.9. The van der Waals surface area contributed by atoms with Crippen LogP contribution in [0.3, 0.4) is 0 Å². The van der Waals surface area contributed by atoms with Crippen LogP contribution in [-0.2, 0) is 0 Å². The molecule has 0 atom stereocenters. The van der Waals surface area contributed by atoms with E-state index in [2.05, 4.69) is 26.5 Å². The van der Waals surface area contributed by atoms with Gasteiger partial charge in [0.1, 0.15) is 17.4 Å². The number of hydrazone groups is 1. The number of amides is 1. The van der Waals surface area contributed by atoms with Crippen molar-refractivity contribution in [3.63, 3.8) is 0 Å². The highest BCUT2D eigenvalue weighted by molar-refractivity contribution is 9.10. The first kappa shape index (κ1) is 17.5. The average Bonchev–Trinajstić information content (AvgIpc) is 3.07. The number of nitrogens with one attached hydrogen (secondary N) is 1. The number of furan rings is 1. The van der Waals surface area contributed by atoms with E-state index >= 15 is 0 Å². The Hall–Kier alpha value is -2.90. The average molecular weight is 446 g/mol. The van der Waals surface area contributed by atoms with Gasteiger partial charge in [-0.2, -0.15) is 5.10 Å². The second kappa shape index (κ2) is 7.02. The van der Waals surface area contributed by atoms with Crippen molar-refractivity contribution in [3.8, 4) is 0 Å². The SMILES string of the molecule is O=C(N/N=C\c1coc2ccc(Cl)cc2c1=O)c1cc2cc(Br)ccc2o1. The molecule has 0 spiro atoms. The third-order valence-corrected chi connectivity index (χ3v) is 4.56. The fourth-order valence-electron chi connectivity index (χ4n) is 2.55. The fraction of sp³-hybridized carbons (Fsp3) is 0. The van der Waals surface area contributed by atoms with Crippen LogP contribution in [0.1, 0.15) is 16.1 Å². The molecule has 0 aliphatic rings. The molecule has 0 saturated carbocycles. The fourth-order valence-corrected chi connectivity index (χ4v) is 3.10. The summed E-state index contributed by atoms with van der Waals surface area (Å²) >= 11 is 9.28. The molecule has 0 radical (unpaired) electrons. The first-order chi connectivity index (χ1) is 13.0. The normalized spacial score (nSPS) is 11.5. The summed E-state index contributed by atoms with van der Waals surface area (Å²) in [7, 11) is 0. The lowest BCUT2D eigenvalue weighted by Gasteiger charge is -1.99. The molecule has 0 fully saturated rings. The number of carbonyl (C=O) groups is 1. The van der Waals surface area contributed by atoms with Gasteiger partial charge < -0.3 is 8.83 Å². The molecule has 6 nitrogen and oxygen atoms in total. The van der Waals surface area contributed by atoms with Gasteiger partial charge in [0.25, 0.3) is 0 Å². The minimum Gasteiger partial charge on any atom is -0.463 e. The molecule has 2 aromatic heterocycles. The molecule has 1 amide bonds. The van der Waals surface area contributed by atoms with Crippen LogP contribution in [-0.4, -0.2) is 12.1 Å². The van der Waals surface area contributed by atoms with Gasteiger partial charge in [-0.15, -0.1) is 0 Å². The number of rotatable bonds is 3. The predicted octanol–water partition coefficient (Wildman–Crippen LogP) is 4.72. The van der Waals surface area contributed by atoms with Crippen molar-refractivity contribution in [1.29, 1.82) is 0 Å². The van der Waals surface area contributed by atoms with E-state index in [9.17, 15) is 9.59 Å². The quantitative estimate of drug-likeness (QED) is 0.365. The van der Waals surface area contributed by atoms with Crippen LogP contribution in [0.2, 0.25) is 5.02 Å². The number of carbonyl (C=O) groups excluding carboxylic acids is 1. The topological polar surface area (TPSA) is 84.8 Å². The summed E-state index contributed by atoms with van der Waals surface area (Å²) in [5.74, 6) is -0.427. The maximum atomic E-state index is 12.4. The van der Waals surface area contributed by atoms with E-state index < -0.39 is 5.91 Å². The van der Waals surface area contributed by atoms with Crippen molar-refractivity contribution in [1.82, 2.24) is 5.43 Å². The molecular weight excluding hydrogens is 436 g/mol. The van der Waals surface area contributed by atoms with Gasteiger partial charge in [0.2, 0.25) is 5.43 Å². The van der Waals surface area contributed by atoms with Crippen LogP contribution < -0.4 is 10.9 Å². The van der Waals surface area contributed by atoms with E-state index in [1.54, 1.807) is 24.3 Å². The van der Waals surface area contributed by atoms with E-state index in [4.69, 9.17) is 20.4 Å². The van der Waals surface area contributed by atoms with Crippen LogP contribution >= 0.6 is 27.5 Å². The zero-order valence-corrected chi connectivity index (χ0v) is 15.9. The minimum absolute atomic E-state index is 0.109. The van der Waals surface area contributed by atoms with Gasteiger partial charge in [-0.1, -0.05) is 27.5 Å². The van der Waals surface area contributed by atoms with Crippen molar-refractivity contribution >= 4 is 61.6 Å².